The summed E-state index contributed by atoms with van der Waals surface area (Å²) in [7, 11) is 2.75. The van der Waals surface area contributed by atoms with Crippen LogP contribution in [0.5, 0.6) is 0 Å². The van der Waals surface area contributed by atoms with Gasteiger partial charge in [-0.2, -0.15) is 0 Å². The van der Waals surface area contributed by atoms with E-state index in [9.17, 15) is 9.59 Å². The average Bonchev–Trinajstić information content (AvgIpc) is 3.09. The predicted molar refractivity (Wildman–Crippen MR) is 63.8 cm³/mol. The molecule has 4 heteroatoms. The van der Waals surface area contributed by atoms with Crippen molar-refractivity contribution in [1.82, 2.24) is 0 Å². The van der Waals surface area contributed by atoms with Gasteiger partial charge < -0.3 is 9.47 Å². The molecular weight excluding hydrogens is 244 g/mol. The van der Waals surface area contributed by atoms with E-state index in [-0.39, 0.29) is 11.9 Å². The average molecular weight is 262 g/mol. The molecule has 0 aromatic rings. The first kappa shape index (κ1) is 10.7. The van der Waals surface area contributed by atoms with Crippen LogP contribution in [0.4, 0.5) is 0 Å². The Kier molecular flexibility index (Phi) is 1.45. The van der Waals surface area contributed by atoms with E-state index in [0.717, 1.165) is 23.7 Å². The van der Waals surface area contributed by atoms with Crippen molar-refractivity contribution in [3.8, 4) is 0 Å². The van der Waals surface area contributed by atoms with E-state index in [4.69, 9.17) is 9.47 Å². The summed E-state index contributed by atoms with van der Waals surface area (Å²) in [6.07, 6.45) is 3.99. The fourth-order valence-electron chi connectivity index (χ4n) is 7.27. The molecule has 0 saturated heterocycles. The van der Waals surface area contributed by atoms with Crippen LogP contribution in [0.2, 0.25) is 0 Å². The van der Waals surface area contributed by atoms with E-state index in [1.54, 1.807) is 0 Å². The molecule has 0 radical (unpaired) electrons. The van der Waals surface area contributed by atoms with Gasteiger partial charge in [0.25, 0.3) is 0 Å². The zero-order chi connectivity index (χ0) is 13.2. The smallest absolute Gasteiger partial charge is 0.323 e. The van der Waals surface area contributed by atoms with Crippen molar-refractivity contribution in [1.29, 1.82) is 0 Å². The number of rotatable bonds is 2. The number of carbonyl (C=O) groups excluding carboxylic acids is 2. The molecule has 5 aliphatic rings. The first-order chi connectivity index (χ1) is 9.07. The van der Waals surface area contributed by atoms with E-state index in [2.05, 4.69) is 0 Å². The molecule has 4 nitrogen and oxygen atoms in total. The van der Waals surface area contributed by atoms with Gasteiger partial charge in [-0.3, -0.25) is 9.59 Å². The Morgan fingerprint density at radius 3 is 2.26 bits per heavy atom. The van der Waals surface area contributed by atoms with Crippen LogP contribution in [0.1, 0.15) is 25.7 Å². The van der Waals surface area contributed by atoms with Crippen LogP contribution < -0.4 is 0 Å². The van der Waals surface area contributed by atoms with Crippen molar-refractivity contribution in [2.24, 2.45) is 39.9 Å². The Hall–Kier alpha value is -1.06. The van der Waals surface area contributed by atoms with Crippen LogP contribution in [0.25, 0.3) is 0 Å². The lowest BCUT2D eigenvalue weighted by atomic mass is 9.74. The molecule has 5 rings (SSSR count). The normalized spacial score (nSPS) is 56.3. The standard InChI is InChI=1S/C15H18O4/c1-18-11(16)13(12(17)19-2)5-14-4-8-7-3-9(14)15(14,6-13)10(7)8/h7-10H,3-6H2,1-2H3. The molecule has 0 bridgehead atoms. The van der Waals surface area contributed by atoms with Gasteiger partial charge in [-0.25, -0.2) is 0 Å². The third kappa shape index (κ3) is 0.751. The lowest BCUT2D eigenvalue weighted by Gasteiger charge is -2.30. The molecule has 6 unspecified atom stereocenters. The zero-order valence-electron chi connectivity index (χ0n) is 11.3. The number of methoxy groups -OCH3 is 2. The number of hydrogen-bond donors (Lipinski definition) is 0. The summed E-state index contributed by atoms with van der Waals surface area (Å²) in [5.41, 5.74) is -0.396. The molecule has 102 valence electrons. The summed E-state index contributed by atoms with van der Waals surface area (Å²) in [5.74, 6) is 2.69. The lowest BCUT2D eigenvalue weighted by molar-refractivity contribution is -0.171. The molecular formula is C15H18O4. The highest BCUT2D eigenvalue weighted by Gasteiger charge is 2.98. The summed E-state index contributed by atoms with van der Waals surface area (Å²) >= 11 is 0. The van der Waals surface area contributed by atoms with Crippen LogP contribution in [-0.4, -0.2) is 26.2 Å². The number of hydrogen-bond acceptors (Lipinski definition) is 4. The predicted octanol–water partition coefficient (Wildman–Crippen LogP) is 1.38. The van der Waals surface area contributed by atoms with Crippen molar-refractivity contribution in [2.45, 2.75) is 25.7 Å². The number of ether oxygens (including phenoxy) is 2. The van der Waals surface area contributed by atoms with Gasteiger partial charge in [0.15, 0.2) is 5.41 Å². The number of esters is 2. The minimum Gasteiger partial charge on any atom is -0.468 e. The maximum atomic E-state index is 12.2. The third-order valence-electron chi connectivity index (χ3n) is 7.53. The van der Waals surface area contributed by atoms with Gasteiger partial charge in [0.05, 0.1) is 14.2 Å². The highest BCUT2D eigenvalue weighted by molar-refractivity contribution is 6.01. The van der Waals surface area contributed by atoms with Gasteiger partial charge >= 0.3 is 11.9 Å². The molecule has 19 heavy (non-hydrogen) atoms. The first-order valence-corrected chi connectivity index (χ1v) is 7.24. The molecule has 0 heterocycles. The maximum Gasteiger partial charge on any atom is 0.323 e. The Labute approximate surface area is 111 Å². The summed E-state index contributed by atoms with van der Waals surface area (Å²) in [6.45, 7) is 0. The third-order valence-corrected chi connectivity index (χ3v) is 7.53. The van der Waals surface area contributed by atoms with Crippen LogP contribution >= 0.6 is 0 Å². The molecule has 0 aromatic heterocycles. The first-order valence-electron chi connectivity index (χ1n) is 7.24. The van der Waals surface area contributed by atoms with Crippen LogP contribution in [0.3, 0.4) is 0 Å². The SMILES string of the molecule is COC(=O)C1(C(=O)OC)CC23CC4C5CC2C3(C1)C54. The zero-order valence-corrected chi connectivity index (χ0v) is 11.3. The monoisotopic (exact) mass is 262 g/mol. The van der Waals surface area contributed by atoms with Gasteiger partial charge in [-0.05, 0) is 60.2 Å². The van der Waals surface area contributed by atoms with Crippen molar-refractivity contribution in [3.63, 3.8) is 0 Å². The summed E-state index contributed by atoms with van der Waals surface area (Å²) in [4.78, 5) is 24.5. The summed E-state index contributed by atoms with van der Waals surface area (Å²) in [5, 5.41) is 0. The minimum atomic E-state index is -0.998. The molecule has 0 aliphatic heterocycles. The summed E-state index contributed by atoms with van der Waals surface area (Å²) < 4.78 is 9.89. The van der Waals surface area contributed by atoms with Crippen LogP contribution in [0.15, 0.2) is 0 Å². The van der Waals surface area contributed by atoms with Crippen LogP contribution in [0, 0.1) is 39.9 Å². The Morgan fingerprint density at radius 1 is 1.05 bits per heavy atom. The molecule has 0 aromatic carbocycles. The molecule has 1 spiro atoms. The Morgan fingerprint density at radius 2 is 1.74 bits per heavy atom. The highest BCUT2D eigenvalue weighted by Crippen LogP contribution is 3.02. The van der Waals surface area contributed by atoms with Crippen molar-refractivity contribution in [2.75, 3.05) is 14.2 Å². The molecule has 5 aliphatic carbocycles. The quantitative estimate of drug-likeness (QED) is 0.557. The van der Waals surface area contributed by atoms with E-state index < -0.39 is 5.41 Å². The van der Waals surface area contributed by atoms with Gasteiger partial charge in [0.2, 0.25) is 0 Å². The Balaban J connectivity index is 1.59. The van der Waals surface area contributed by atoms with Crippen molar-refractivity contribution in [3.05, 3.63) is 0 Å². The lowest BCUT2D eigenvalue weighted by Crippen LogP contribution is -2.42. The van der Waals surface area contributed by atoms with E-state index in [1.807, 2.05) is 0 Å². The van der Waals surface area contributed by atoms with Gasteiger partial charge in [0, 0.05) is 0 Å². The van der Waals surface area contributed by atoms with E-state index >= 15 is 0 Å². The minimum absolute atomic E-state index is 0.291. The van der Waals surface area contributed by atoms with Crippen LogP contribution in [-0.2, 0) is 19.1 Å². The second-order valence-electron chi connectivity index (χ2n) is 7.46. The number of carbonyl (C=O) groups is 2. The number of fused-ring (bicyclic) bond motifs is 1. The molecule has 6 atom stereocenters. The molecule has 5 saturated carbocycles. The van der Waals surface area contributed by atoms with Crippen molar-refractivity contribution < 1.29 is 19.1 Å². The fraction of sp³-hybridized carbons (Fsp3) is 0.867. The molecule has 5 fully saturated rings. The van der Waals surface area contributed by atoms with Gasteiger partial charge in [0.1, 0.15) is 0 Å². The Bertz CT molecular complexity index is 520. The topological polar surface area (TPSA) is 52.6 Å². The van der Waals surface area contributed by atoms with Gasteiger partial charge in [-0.15, -0.1) is 0 Å². The second kappa shape index (κ2) is 2.57. The highest BCUT2D eigenvalue weighted by atomic mass is 16.5. The van der Waals surface area contributed by atoms with Gasteiger partial charge in [-0.1, -0.05) is 0 Å². The second-order valence-corrected chi connectivity index (χ2v) is 7.46. The summed E-state index contributed by atoms with van der Waals surface area (Å²) in [6, 6.07) is 0. The molecule has 0 amide bonds. The maximum absolute atomic E-state index is 12.2. The van der Waals surface area contributed by atoms with E-state index in [1.165, 1.54) is 27.1 Å². The largest absolute Gasteiger partial charge is 0.468 e. The fourth-order valence-corrected chi connectivity index (χ4v) is 7.27. The van der Waals surface area contributed by atoms with Crippen molar-refractivity contribution >= 4 is 11.9 Å². The molecule has 0 N–H and O–H groups in total. The van der Waals surface area contributed by atoms with E-state index in [0.29, 0.717) is 23.7 Å².